The highest BCUT2D eigenvalue weighted by molar-refractivity contribution is 7.20. The Balaban J connectivity index is 2.25. The smallest absolute Gasteiger partial charge is 0.328 e. The van der Waals surface area contributed by atoms with Crippen molar-refractivity contribution >= 4 is 33.3 Å². The monoisotopic (exact) mass is 309 g/mol. The maximum absolute atomic E-state index is 13.6. The van der Waals surface area contributed by atoms with E-state index in [1.54, 1.807) is 12.1 Å². The molecule has 0 bridgehead atoms. The fourth-order valence-corrected chi connectivity index (χ4v) is 2.95. The lowest BCUT2D eigenvalue weighted by Crippen LogP contribution is -2.44. The average Bonchev–Trinajstić information content (AvgIpc) is 2.89. The van der Waals surface area contributed by atoms with E-state index in [9.17, 15) is 14.0 Å². The van der Waals surface area contributed by atoms with E-state index in [1.807, 2.05) is 13.8 Å². The molecular formula is C15H16FNO3S. The zero-order chi connectivity index (χ0) is 15.6. The van der Waals surface area contributed by atoms with Crippen molar-refractivity contribution in [3.05, 3.63) is 35.0 Å². The number of fused-ring (bicyclic) bond motifs is 1. The molecule has 2 rings (SSSR count). The molecule has 0 unspecified atom stereocenters. The quantitative estimate of drug-likeness (QED) is 0.883. The van der Waals surface area contributed by atoms with Crippen LogP contribution in [0.2, 0.25) is 0 Å². The zero-order valence-electron chi connectivity index (χ0n) is 12.0. The van der Waals surface area contributed by atoms with Crippen LogP contribution in [0.25, 0.3) is 10.1 Å². The first-order chi connectivity index (χ1) is 9.93. The van der Waals surface area contributed by atoms with Gasteiger partial charge in [-0.3, -0.25) is 4.79 Å². The second-order valence-electron chi connectivity index (χ2n) is 4.98. The van der Waals surface area contributed by atoms with E-state index in [4.69, 9.17) is 0 Å². The molecule has 2 aromatic rings. The number of hydrogen-bond donors (Lipinski definition) is 1. The van der Waals surface area contributed by atoms with Gasteiger partial charge in [0.1, 0.15) is 11.9 Å². The van der Waals surface area contributed by atoms with Gasteiger partial charge >= 0.3 is 5.97 Å². The number of benzene rings is 1. The molecule has 1 amide bonds. The number of thiophene rings is 1. The van der Waals surface area contributed by atoms with Crippen LogP contribution in [0.3, 0.4) is 0 Å². The molecule has 0 saturated heterocycles. The topological polar surface area (TPSA) is 55.4 Å². The third-order valence-corrected chi connectivity index (χ3v) is 4.24. The molecule has 112 valence electrons. The van der Waals surface area contributed by atoms with Gasteiger partial charge in [-0.1, -0.05) is 19.9 Å². The van der Waals surface area contributed by atoms with Gasteiger partial charge in [-0.25, -0.2) is 9.18 Å². The summed E-state index contributed by atoms with van der Waals surface area (Å²) in [6, 6.07) is 5.47. The van der Waals surface area contributed by atoms with Crippen LogP contribution in [0.1, 0.15) is 23.5 Å². The lowest BCUT2D eigenvalue weighted by molar-refractivity contribution is -0.144. The summed E-state index contributed by atoms with van der Waals surface area (Å²) >= 11 is 1.19. The number of nitrogens with one attached hydrogen (secondary N) is 1. The first kappa shape index (κ1) is 15.4. The van der Waals surface area contributed by atoms with Crippen molar-refractivity contribution in [3.63, 3.8) is 0 Å². The van der Waals surface area contributed by atoms with Gasteiger partial charge in [0, 0.05) is 10.1 Å². The highest BCUT2D eigenvalue weighted by Gasteiger charge is 2.26. The minimum Gasteiger partial charge on any atom is -0.467 e. The van der Waals surface area contributed by atoms with E-state index in [2.05, 4.69) is 10.1 Å². The number of rotatable bonds is 4. The zero-order valence-corrected chi connectivity index (χ0v) is 12.8. The number of ether oxygens (including phenoxy) is 1. The lowest BCUT2D eigenvalue weighted by atomic mass is 10.0. The third kappa shape index (κ3) is 3.21. The molecule has 1 aromatic heterocycles. The van der Waals surface area contributed by atoms with Gasteiger partial charge in [-0.05, 0) is 24.1 Å². The highest BCUT2D eigenvalue weighted by atomic mass is 32.1. The van der Waals surface area contributed by atoms with E-state index in [0.29, 0.717) is 15.0 Å². The first-order valence-corrected chi connectivity index (χ1v) is 7.32. The van der Waals surface area contributed by atoms with Crippen molar-refractivity contribution in [3.8, 4) is 0 Å². The third-order valence-electron chi connectivity index (χ3n) is 3.14. The molecule has 1 N–H and O–H groups in total. The molecule has 21 heavy (non-hydrogen) atoms. The molecule has 0 aliphatic carbocycles. The normalized spacial score (nSPS) is 12.4. The SMILES string of the molecule is COC(=O)[C@H](NC(=O)c1cc2c(F)cccc2s1)C(C)C. The Morgan fingerprint density at radius 1 is 1.33 bits per heavy atom. The van der Waals surface area contributed by atoms with Gasteiger partial charge in [-0.2, -0.15) is 0 Å². The van der Waals surface area contributed by atoms with Crippen LogP contribution >= 0.6 is 11.3 Å². The second kappa shape index (κ2) is 6.22. The number of hydrogen-bond acceptors (Lipinski definition) is 4. The summed E-state index contributed by atoms with van der Waals surface area (Å²) in [6.07, 6.45) is 0. The molecular weight excluding hydrogens is 293 g/mol. The summed E-state index contributed by atoms with van der Waals surface area (Å²) in [5.74, 6) is -1.37. The summed E-state index contributed by atoms with van der Waals surface area (Å²) in [5, 5.41) is 3.05. The van der Waals surface area contributed by atoms with Crippen molar-refractivity contribution < 1.29 is 18.7 Å². The van der Waals surface area contributed by atoms with Crippen LogP contribution in [0.5, 0.6) is 0 Å². The second-order valence-corrected chi connectivity index (χ2v) is 6.06. The maximum atomic E-state index is 13.6. The fraction of sp³-hybridized carbons (Fsp3) is 0.333. The molecule has 0 radical (unpaired) electrons. The van der Waals surface area contributed by atoms with Crippen LogP contribution in [0, 0.1) is 11.7 Å². The minimum absolute atomic E-state index is 0.104. The summed E-state index contributed by atoms with van der Waals surface area (Å²) in [5.41, 5.74) is 0. The van der Waals surface area contributed by atoms with Gasteiger partial charge in [0.15, 0.2) is 0 Å². The minimum atomic E-state index is -0.724. The Morgan fingerprint density at radius 2 is 2.05 bits per heavy atom. The fourth-order valence-electron chi connectivity index (χ4n) is 1.97. The number of halogens is 1. The Kier molecular flexibility index (Phi) is 4.57. The van der Waals surface area contributed by atoms with Crippen LogP contribution in [-0.2, 0) is 9.53 Å². The molecule has 0 aliphatic heterocycles. The van der Waals surface area contributed by atoms with E-state index in [0.717, 1.165) is 0 Å². The standard InChI is InChI=1S/C15H16FNO3S/c1-8(2)13(15(19)20-3)17-14(18)12-7-9-10(16)5-4-6-11(9)21-12/h4-8,13H,1-3H3,(H,17,18)/t13-/m1/s1. The Morgan fingerprint density at radius 3 is 2.62 bits per heavy atom. The van der Waals surface area contributed by atoms with Gasteiger partial charge in [-0.15, -0.1) is 11.3 Å². The molecule has 0 spiro atoms. The Hall–Kier alpha value is -1.95. The van der Waals surface area contributed by atoms with Crippen LogP contribution in [0.15, 0.2) is 24.3 Å². The van der Waals surface area contributed by atoms with Gasteiger partial charge in [0.2, 0.25) is 0 Å². The predicted octanol–water partition coefficient (Wildman–Crippen LogP) is 2.97. The molecule has 6 heteroatoms. The number of methoxy groups -OCH3 is 1. The summed E-state index contributed by atoms with van der Waals surface area (Å²) < 4.78 is 19.0. The summed E-state index contributed by atoms with van der Waals surface area (Å²) in [4.78, 5) is 24.2. The van der Waals surface area contributed by atoms with E-state index in [1.165, 1.54) is 30.6 Å². The first-order valence-electron chi connectivity index (χ1n) is 6.50. The van der Waals surface area contributed by atoms with E-state index >= 15 is 0 Å². The van der Waals surface area contributed by atoms with Crippen molar-refractivity contribution in [2.75, 3.05) is 7.11 Å². The predicted molar refractivity (Wildman–Crippen MR) is 79.9 cm³/mol. The number of esters is 1. The molecule has 0 aliphatic rings. The number of amides is 1. The van der Waals surface area contributed by atoms with Crippen LogP contribution < -0.4 is 5.32 Å². The average molecular weight is 309 g/mol. The van der Waals surface area contributed by atoms with Crippen molar-refractivity contribution in [2.24, 2.45) is 5.92 Å². The Bertz CT molecular complexity index is 681. The number of carbonyl (C=O) groups is 2. The lowest BCUT2D eigenvalue weighted by Gasteiger charge is -2.19. The van der Waals surface area contributed by atoms with Crippen molar-refractivity contribution in [2.45, 2.75) is 19.9 Å². The van der Waals surface area contributed by atoms with Crippen molar-refractivity contribution in [1.82, 2.24) is 5.32 Å². The highest BCUT2D eigenvalue weighted by Crippen LogP contribution is 2.27. The number of carbonyl (C=O) groups excluding carboxylic acids is 2. The summed E-state index contributed by atoms with van der Waals surface area (Å²) in [7, 11) is 1.28. The van der Waals surface area contributed by atoms with Gasteiger partial charge < -0.3 is 10.1 Å². The summed E-state index contributed by atoms with van der Waals surface area (Å²) in [6.45, 7) is 3.62. The molecule has 1 atom stereocenters. The molecule has 0 saturated carbocycles. The molecule has 0 fully saturated rings. The molecule has 4 nitrogen and oxygen atoms in total. The molecule has 1 heterocycles. The van der Waals surface area contributed by atoms with Gasteiger partial charge in [0.05, 0.1) is 12.0 Å². The maximum Gasteiger partial charge on any atom is 0.328 e. The largest absolute Gasteiger partial charge is 0.467 e. The van der Waals surface area contributed by atoms with Crippen LogP contribution in [-0.4, -0.2) is 25.0 Å². The molecule has 1 aromatic carbocycles. The van der Waals surface area contributed by atoms with E-state index in [-0.39, 0.29) is 11.7 Å². The van der Waals surface area contributed by atoms with Gasteiger partial charge in [0.25, 0.3) is 5.91 Å². The van der Waals surface area contributed by atoms with Crippen LogP contribution in [0.4, 0.5) is 4.39 Å². The van der Waals surface area contributed by atoms with E-state index < -0.39 is 17.9 Å². The Labute approximate surface area is 125 Å². The van der Waals surface area contributed by atoms with Crippen molar-refractivity contribution in [1.29, 1.82) is 0 Å².